The second kappa shape index (κ2) is 6.30. The third-order valence-corrected chi connectivity index (χ3v) is 3.40. The molecule has 5 nitrogen and oxygen atoms in total. The third kappa shape index (κ3) is 4.29. The fourth-order valence-corrected chi connectivity index (χ4v) is 2.24. The second-order valence-corrected chi connectivity index (χ2v) is 5.49. The molecule has 0 bridgehead atoms. The van der Waals surface area contributed by atoms with Crippen molar-refractivity contribution in [1.82, 2.24) is 5.32 Å². The Balaban J connectivity index is 2.67. The van der Waals surface area contributed by atoms with Crippen molar-refractivity contribution in [2.75, 3.05) is 5.75 Å². The number of carbonyl (C=O) groups is 2. The molecule has 0 heterocycles. The summed E-state index contributed by atoms with van der Waals surface area (Å²) in [6.07, 6.45) is 0. The van der Waals surface area contributed by atoms with Crippen LogP contribution in [0.3, 0.4) is 0 Å². The van der Waals surface area contributed by atoms with E-state index < -0.39 is 16.8 Å². The molecule has 0 aliphatic heterocycles. The molecule has 0 saturated heterocycles. The van der Waals surface area contributed by atoms with Gasteiger partial charge in [0, 0.05) is 10.9 Å². The number of carboxylic acid groups (broad SMARTS) is 1. The third-order valence-electron chi connectivity index (χ3n) is 2.08. The van der Waals surface area contributed by atoms with E-state index in [0.717, 1.165) is 0 Å². The van der Waals surface area contributed by atoms with Crippen molar-refractivity contribution in [3.63, 3.8) is 0 Å². The van der Waals surface area contributed by atoms with Crippen molar-refractivity contribution in [3.8, 4) is 0 Å². The van der Waals surface area contributed by atoms with Crippen LogP contribution in [0.4, 0.5) is 0 Å². The van der Waals surface area contributed by atoms with Gasteiger partial charge in [0.05, 0.1) is 16.4 Å². The zero-order valence-electron chi connectivity index (χ0n) is 10.2. The summed E-state index contributed by atoms with van der Waals surface area (Å²) in [5.41, 5.74) is 0.127. The van der Waals surface area contributed by atoms with Crippen molar-refractivity contribution < 1.29 is 18.9 Å². The Morgan fingerprint density at radius 1 is 1.28 bits per heavy atom. The van der Waals surface area contributed by atoms with E-state index in [0.29, 0.717) is 4.90 Å². The number of carbonyl (C=O) groups excluding carboxylic acids is 1. The zero-order valence-corrected chi connectivity index (χ0v) is 11.0. The summed E-state index contributed by atoms with van der Waals surface area (Å²) in [7, 11) is -1.46. The second-order valence-electron chi connectivity index (χ2n) is 4.04. The molecule has 0 aliphatic carbocycles. The quantitative estimate of drug-likeness (QED) is 0.836. The van der Waals surface area contributed by atoms with Gasteiger partial charge in [0.1, 0.15) is 5.75 Å². The van der Waals surface area contributed by atoms with E-state index >= 15 is 0 Å². The molecule has 18 heavy (non-hydrogen) atoms. The Hall–Kier alpha value is -1.69. The molecule has 98 valence electrons. The molecule has 6 heteroatoms. The maximum atomic E-state index is 11.8. The first kappa shape index (κ1) is 14.4. The molecule has 0 aromatic heterocycles. The van der Waals surface area contributed by atoms with Gasteiger partial charge >= 0.3 is 5.97 Å². The predicted octanol–water partition coefficient (Wildman–Crippen LogP) is 1.02. The van der Waals surface area contributed by atoms with E-state index in [1.165, 1.54) is 24.3 Å². The van der Waals surface area contributed by atoms with Crippen LogP contribution in [-0.2, 0) is 15.6 Å². The van der Waals surface area contributed by atoms with Crippen LogP contribution < -0.4 is 5.32 Å². The largest absolute Gasteiger partial charge is 0.478 e. The fourth-order valence-electron chi connectivity index (χ4n) is 1.32. The first-order chi connectivity index (χ1) is 8.40. The average Bonchev–Trinajstić information content (AvgIpc) is 2.27. The summed E-state index contributed by atoms with van der Waals surface area (Å²) in [5.74, 6) is -1.44. The highest BCUT2D eigenvalue weighted by molar-refractivity contribution is 7.85. The summed E-state index contributed by atoms with van der Waals surface area (Å²) in [4.78, 5) is 22.5. The molecule has 1 atom stereocenters. The molecular formula is C12H15NO4S. The summed E-state index contributed by atoms with van der Waals surface area (Å²) in [6.45, 7) is 3.64. The topological polar surface area (TPSA) is 83.5 Å². The number of nitrogens with one attached hydrogen (secondary N) is 1. The SMILES string of the molecule is CC(C)NC(=O)CS(=O)c1ccc(C(=O)O)cc1. The first-order valence-electron chi connectivity index (χ1n) is 5.41. The Bertz CT molecular complexity index is 467. The molecule has 1 amide bonds. The highest BCUT2D eigenvalue weighted by atomic mass is 32.2. The van der Waals surface area contributed by atoms with Crippen molar-refractivity contribution in [2.24, 2.45) is 0 Å². The predicted molar refractivity (Wildman–Crippen MR) is 68.0 cm³/mol. The number of aromatic carboxylic acids is 1. The Morgan fingerprint density at radius 2 is 1.83 bits per heavy atom. The minimum atomic E-state index is -1.46. The molecular weight excluding hydrogens is 254 g/mol. The van der Waals surface area contributed by atoms with Crippen molar-refractivity contribution in [2.45, 2.75) is 24.8 Å². The monoisotopic (exact) mass is 269 g/mol. The minimum Gasteiger partial charge on any atom is -0.478 e. The lowest BCUT2D eigenvalue weighted by atomic mass is 10.2. The Kier molecular flexibility index (Phi) is 5.03. The van der Waals surface area contributed by atoms with Crippen molar-refractivity contribution in [1.29, 1.82) is 0 Å². The van der Waals surface area contributed by atoms with E-state index in [1.54, 1.807) is 0 Å². The maximum absolute atomic E-state index is 11.8. The van der Waals surface area contributed by atoms with Gasteiger partial charge in [-0.3, -0.25) is 9.00 Å². The van der Waals surface area contributed by atoms with Crippen LogP contribution in [0.1, 0.15) is 24.2 Å². The van der Waals surface area contributed by atoms with E-state index in [9.17, 15) is 13.8 Å². The van der Waals surface area contributed by atoms with Crippen LogP contribution in [0.25, 0.3) is 0 Å². The molecule has 0 aliphatic rings. The molecule has 0 saturated carbocycles. The highest BCUT2D eigenvalue weighted by Gasteiger charge is 2.11. The molecule has 0 spiro atoms. The minimum absolute atomic E-state index is 0.00360. The lowest BCUT2D eigenvalue weighted by Crippen LogP contribution is -2.33. The van der Waals surface area contributed by atoms with Crippen molar-refractivity contribution >= 4 is 22.7 Å². The van der Waals surface area contributed by atoms with E-state index in [2.05, 4.69) is 5.32 Å². The zero-order chi connectivity index (χ0) is 13.7. The van der Waals surface area contributed by atoms with Crippen LogP contribution in [0.15, 0.2) is 29.2 Å². The molecule has 0 radical (unpaired) electrons. The molecule has 1 aromatic rings. The lowest BCUT2D eigenvalue weighted by molar-refractivity contribution is -0.119. The van der Waals surface area contributed by atoms with Gasteiger partial charge < -0.3 is 10.4 Å². The Labute approximate surface area is 108 Å². The number of amides is 1. The molecule has 1 unspecified atom stereocenters. The fraction of sp³-hybridized carbons (Fsp3) is 0.333. The van der Waals surface area contributed by atoms with Gasteiger partial charge in [-0.15, -0.1) is 0 Å². The van der Waals surface area contributed by atoms with Crippen LogP contribution in [0.5, 0.6) is 0 Å². The average molecular weight is 269 g/mol. The molecule has 2 N–H and O–H groups in total. The lowest BCUT2D eigenvalue weighted by Gasteiger charge is -2.08. The summed E-state index contributed by atoms with van der Waals surface area (Å²) in [6, 6.07) is 5.67. The van der Waals surface area contributed by atoms with Crippen LogP contribution in [0, 0.1) is 0 Å². The van der Waals surface area contributed by atoms with Gasteiger partial charge in [-0.25, -0.2) is 4.79 Å². The molecule has 0 fully saturated rings. The van der Waals surface area contributed by atoms with Gasteiger partial charge in [-0.2, -0.15) is 0 Å². The maximum Gasteiger partial charge on any atom is 0.335 e. The van der Waals surface area contributed by atoms with Gasteiger partial charge in [0.15, 0.2) is 0 Å². The summed E-state index contributed by atoms with van der Waals surface area (Å²) >= 11 is 0. The van der Waals surface area contributed by atoms with Crippen LogP contribution in [0.2, 0.25) is 0 Å². The van der Waals surface area contributed by atoms with Crippen LogP contribution >= 0.6 is 0 Å². The number of hydrogen-bond acceptors (Lipinski definition) is 3. The van der Waals surface area contributed by atoms with Gasteiger partial charge in [0.25, 0.3) is 0 Å². The number of benzene rings is 1. The standard InChI is InChI=1S/C12H15NO4S/c1-8(2)13-11(14)7-18(17)10-5-3-9(4-6-10)12(15)16/h3-6,8H,7H2,1-2H3,(H,13,14)(H,15,16). The van der Waals surface area contributed by atoms with Gasteiger partial charge in [0.2, 0.25) is 5.91 Å². The number of rotatable bonds is 5. The van der Waals surface area contributed by atoms with Crippen LogP contribution in [-0.4, -0.2) is 33.0 Å². The Morgan fingerprint density at radius 3 is 2.28 bits per heavy atom. The van der Waals surface area contributed by atoms with Gasteiger partial charge in [-0.1, -0.05) is 0 Å². The summed E-state index contributed by atoms with van der Waals surface area (Å²) in [5, 5.41) is 11.4. The van der Waals surface area contributed by atoms with E-state index in [4.69, 9.17) is 5.11 Å². The summed E-state index contributed by atoms with van der Waals surface area (Å²) < 4.78 is 11.8. The normalized spacial score (nSPS) is 12.2. The first-order valence-corrected chi connectivity index (χ1v) is 6.73. The highest BCUT2D eigenvalue weighted by Crippen LogP contribution is 2.09. The molecule has 1 rings (SSSR count). The van der Waals surface area contributed by atoms with Crippen molar-refractivity contribution in [3.05, 3.63) is 29.8 Å². The van der Waals surface area contributed by atoms with E-state index in [-0.39, 0.29) is 23.3 Å². The number of hydrogen-bond donors (Lipinski definition) is 2. The molecule has 1 aromatic carbocycles. The van der Waals surface area contributed by atoms with Gasteiger partial charge in [-0.05, 0) is 38.1 Å². The van der Waals surface area contributed by atoms with E-state index in [1.807, 2.05) is 13.8 Å². The smallest absolute Gasteiger partial charge is 0.335 e. The number of carboxylic acids is 1.